The molecule has 1 fully saturated rings. The van der Waals surface area contributed by atoms with Gasteiger partial charge in [0.25, 0.3) is 0 Å². The van der Waals surface area contributed by atoms with Crippen LogP contribution in [0.25, 0.3) is 0 Å². The molecule has 0 aliphatic heterocycles. The van der Waals surface area contributed by atoms with Gasteiger partial charge in [-0.3, -0.25) is 0 Å². The van der Waals surface area contributed by atoms with Crippen LogP contribution in [0.4, 0.5) is 0 Å². The minimum Gasteiger partial charge on any atom is -0.245 e. The molecule has 1 aromatic rings. The van der Waals surface area contributed by atoms with Gasteiger partial charge < -0.3 is 0 Å². The molecule has 0 unspecified atom stereocenters. The van der Waals surface area contributed by atoms with Crippen LogP contribution in [0.1, 0.15) is 42.4 Å². The summed E-state index contributed by atoms with van der Waals surface area (Å²) in [6, 6.07) is 0. The highest BCUT2D eigenvalue weighted by Crippen LogP contribution is 2.51. The van der Waals surface area contributed by atoms with Gasteiger partial charge in [-0.1, -0.05) is 0 Å². The molecule has 2 bridgehead atoms. The Balaban J connectivity index is 2.23. The van der Waals surface area contributed by atoms with Crippen molar-refractivity contribution in [1.29, 1.82) is 0 Å². The molecule has 11 heavy (non-hydrogen) atoms. The zero-order valence-corrected chi connectivity index (χ0v) is 6.33. The van der Waals surface area contributed by atoms with Gasteiger partial charge in [-0.25, -0.2) is 9.97 Å². The molecule has 56 valence electrons. The quantitative estimate of drug-likeness (QED) is 0.558. The summed E-state index contributed by atoms with van der Waals surface area (Å²) in [6.07, 6.45) is 7.75. The van der Waals surface area contributed by atoms with E-state index >= 15 is 0 Å². The second-order valence-corrected chi connectivity index (χ2v) is 3.57. The number of hydrogen-bond acceptors (Lipinski definition) is 2. The van der Waals surface area contributed by atoms with Gasteiger partial charge in [0, 0.05) is 12.1 Å². The van der Waals surface area contributed by atoms with Gasteiger partial charge in [0.2, 0.25) is 0 Å². The molecule has 0 amide bonds. The summed E-state index contributed by atoms with van der Waals surface area (Å²) in [6.45, 7) is 0. The first-order valence-corrected chi connectivity index (χ1v) is 4.25. The van der Waals surface area contributed by atoms with Crippen molar-refractivity contribution in [3.63, 3.8) is 0 Å². The molecule has 3 rings (SSSR count). The first-order chi connectivity index (χ1) is 5.45. The van der Waals surface area contributed by atoms with Gasteiger partial charge >= 0.3 is 0 Å². The fourth-order valence-corrected chi connectivity index (χ4v) is 2.52. The Hall–Kier alpha value is -0.920. The third kappa shape index (κ3) is 0.621. The van der Waals surface area contributed by atoms with Crippen LogP contribution in [-0.4, -0.2) is 9.97 Å². The van der Waals surface area contributed by atoms with E-state index in [-0.39, 0.29) is 0 Å². The van der Waals surface area contributed by atoms with Gasteiger partial charge in [0.05, 0.1) is 5.69 Å². The van der Waals surface area contributed by atoms with E-state index in [1.807, 2.05) is 6.20 Å². The third-order valence-corrected chi connectivity index (χ3v) is 3.03. The Morgan fingerprint density at radius 1 is 1.27 bits per heavy atom. The molecule has 2 aliphatic rings. The number of aromatic nitrogens is 2. The molecule has 0 N–H and O–H groups in total. The smallest absolute Gasteiger partial charge is 0.115 e. The maximum atomic E-state index is 4.33. The van der Waals surface area contributed by atoms with Crippen LogP contribution in [0.2, 0.25) is 0 Å². The highest BCUT2D eigenvalue weighted by molar-refractivity contribution is 5.33. The van der Waals surface area contributed by atoms with E-state index in [1.165, 1.54) is 30.5 Å². The van der Waals surface area contributed by atoms with Crippen LogP contribution in [0.3, 0.4) is 0 Å². The van der Waals surface area contributed by atoms with E-state index in [0.29, 0.717) is 0 Å². The van der Waals surface area contributed by atoms with Crippen molar-refractivity contribution >= 4 is 0 Å². The molecule has 0 saturated heterocycles. The molecule has 0 radical (unpaired) electrons. The molecule has 1 heterocycles. The highest BCUT2D eigenvalue weighted by atomic mass is 14.8. The second-order valence-electron chi connectivity index (χ2n) is 3.57. The molecule has 0 aromatic carbocycles. The van der Waals surface area contributed by atoms with Gasteiger partial charge in [-0.2, -0.15) is 0 Å². The lowest BCUT2D eigenvalue weighted by atomic mass is 9.98. The molecular weight excluding hydrogens is 136 g/mol. The van der Waals surface area contributed by atoms with E-state index in [9.17, 15) is 0 Å². The monoisotopic (exact) mass is 146 g/mol. The zero-order chi connectivity index (χ0) is 7.26. The molecule has 1 aromatic heterocycles. The van der Waals surface area contributed by atoms with Crippen LogP contribution in [0.15, 0.2) is 12.5 Å². The first kappa shape index (κ1) is 5.70. The van der Waals surface area contributed by atoms with Crippen molar-refractivity contribution in [2.45, 2.75) is 31.1 Å². The predicted octanol–water partition coefficient (Wildman–Crippen LogP) is 1.84. The fourth-order valence-electron chi connectivity index (χ4n) is 2.52. The lowest BCUT2D eigenvalue weighted by molar-refractivity contribution is 0.691. The van der Waals surface area contributed by atoms with E-state index in [1.54, 1.807) is 6.33 Å². The van der Waals surface area contributed by atoms with Crippen LogP contribution < -0.4 is 0 Å². The Labute approximate surface area is 65.7 Å². The van der Waals surface area contributed by atoms with E-state index in [2.05, 4.69) is 9.97 Å². The van der Waals surface area contributed by atoms with Crippen molar-refractivity contribution < 1.29 is 0 Å². The van der Waals surface area contributed by atoms with Crippen molar-refractivity contribution in [3.05, 3.63) is 23.8 Å². The van der Waals surface area contributed by atoms with Crippen LogP contribution in [-0.2, 0) is 0 Å². The summed E-state index contributed by atoms with van der Waals surface area (Å²) in [7, 11) is 0. The molecule has 1 saturated carbocycles. The van der Waals surface area contributed by atoms with Crippen molar-refractivity contribution in [3.8, 4) is 0 Å². The number of nitrogens with zero attached hydrogens (tertiary/aromatic N) is 2. The largest absolute Gasteiger partial charge is 0.245 e. The maximum Gasteiger partial charge on any atom is 0.115 e. The molecule has 2 heteroatoms. The predicted molar refractivity (Wildman–Crippen MR) is 41.4 cm³/mol. The minimum absolute atomic E-state index is 0.776. The number of hydrogen-bond donors (Lipinski definition) is 0. The topological polar surface area (TPSA) is 25.8 Å². The summed E-state index contributed by atoms with van der Waals surface area (Å²) in [4.78, 5) is 8.39. The average Bonchev–Trinajstić information content (AvgIpc) is 2.64. The number of fused-ring (bicyclic) bond motifs is 5. The number of rotatable bonds is 0. The van der Waals surface area contributed by atoms with E-state index in [4.69, 9.17) is 0 Å². The SMILES string of the molecule is c1ncc2c(n1)[C@H]1CC[C@@H]2C1. The lowest BCUT2D eigenvalue weighted by Crippen LogP contribution is -2.00. The Kier molecular flexibility index (Phi) is 0.939. The molecular formula is C9H10N2. The summed E-state index contributed by atoms with van der Waals surface area (Å²) in [5.74, 6) is 1.58. The van der Waals surface area contributed by atoms with Gasteiger partial charge in [-0.15, -0.1) is 0 Å². The summed E-state index contributed by atoms with van der Waals surface area (Å²) in [5, 5.41) is 0. The van der Waals surface area contributed by atoms with E-state index in [0.717, 1.165) is 11.8 Å². The van der Waals surface area contributed by atoms with E-state index < -0.39 is 0 Å². The molecule has 2 nitrogen and oxygen atoms in total. The third-order valence-electron chi connectivity index (χ3n) is 3.03. The van der Waals surface area contributed by atoms with Gasteiger partial charge in [0.1, 0.15) is 6.33 Å². The molecule has 0 spiro atoms. The second kappa shape index (κ2) is 1.81. The normalized spacial score (nSPS) is 32.4. The van der Waals surface area contributed by atoms with Crippen molar-refractivity contribution in [2.75, 3.05) is 0 Å². The zero-order valence-electron chi connectivity index (χ0n) is 6.33. The Bertz CT molecular complexity index is 266. The van der Waals surface area contributed by atoms with Crippen molar-refractivity contribution in [2.24, 2.45) is 0 Å². The lowest BCUT2D eigenvalue weighted by Gasteiger charge is -2.11. The minimum atomic E-state index is 0.776. The highest BCUT2D eigenvalue weighted by Gasteiger charge is 2.37. The van der Waals surface area contributed by atoms with Crippen molar-refractivity contribution in [1.82, 2.24) is 9.97 Å². The summed E-state index contributed by atoms with van der Waals surface area (Å²) >= 11 is 0. The standard InChI is InChI=1S/C9H10N2/c1-2-7-3-6(1)8-4-10-5-11-9(7)8/h4-7H,1-3H2/t6-,7+/m1/s1. The maximum absolute atomic E-state index is 4.33. The van der Waals surface area contributed by atoms with Crippen LogP contribution in [0, 0.1) is 0 Å². The first-order valence-electron chi connectivity index (χ1n) is 4.25. The summed E-state index contributed by atoms with van der Waals surface area (Å²) < 4.78 is 0. The van der Waals surface area contributed by atoms with Gasteiger partial charge in [-0.05, 0) is 30.7 Å². The fraction of sp³-hybridized carbons (Fsp3) is 0.556. The Morgan fingerprint density at radius 2 is 2.18 bits per heavy atom. The Morgan fingerprint density at radius 3 is 3.09 bits per heavy atom. The average molecular weight is 146 g/mol. The molecule has 2 aliphatic carbocycles. The van der Waals surface area contributed by atoms with Gasteiger partial charge in [0.15, 0.2) is 0 Å². The summed E-state index contributed by atoms with van der Waals surface area (Å²) in [5.41, 5.74) is 2.78. The van der Waals surface area contributed by atoms with Crippen LogP contribution >= 0.6 is 0 Å². The molecule has 2 atom stereocenters. The van der Waals surface area contributed by atoms with Crippen LogP contribution in [0.5, 0.6) is 0 Å².